The number of nitrogens with two attached hydrogens (primary N) is 1. The molecule has 1 amide bonds. The average Bonchev–Trinajstić information content (AvgIpc) is 3.11. The lowest BCUT2D eigenvalue weighted by Gasteiger charge is -2.57. The van der Waals surface area contributed by atoms with Crippen LogP contribution in [0.5, 0.6) is 0 Å². The van der Waals surface area contributed by atoms with E-state index in [-0.39, 0.29) is 17.4 Å². The van der Waals surface area contributed by atoms with Crippen molar-refractivity contribution in [1.29, 1.82) is 0 Å². The Morgan fingerprint density at radius 2 is 1.70 bits per heavy atom. The van der Waals surface area contributed by atoms with Gasteiger partial charge in [-0.3, -0.25) is 4.79 Å². The number of nitrogens with zero attached hydrogens (tertiary/aromatic N) is 2. The van der Waals surface area contributed by atoms with Crippen LogP contribution in [0.3, 0.4) is 0 Å². The van der Waals surface area contributed by atoms with Crippen LogP contribution in [0.15, 0.2) is 12.4 Å². The highest BCUT2D eigenvalue weighted by molar-refractivity contribution is 5.96. The molecule has 3 N–H and O–H groups in total. The van der Waals surface area contributed by atoms with Crippen LogP contribution in [-0.4, -0.2) is 34.0 Å². The van der Waals surface area contributed by atoms with E-state index in [0.29, 0.717) is 24.3 Å². The lowest BCUT2D eigenvalue weighted by atomic mass is 9.53. The fraction of sp³-hybridized carbons (Fsp3) is 0.773. The maximum atomic E-state index is 12.3. The van der Waals surface area contributed by atoms with Crippen molar-refractivity contribution >= 4 is 11.7 Å². The van der Waals surface area contributed by atoms with Crippen LogP contribution in [0.2, 0.25) is 0 Å². The number of carbonyl (C=O) groups is 1. The zero-order valence-corrected chi connectivity index (χ0v) is 17.2. The number of hydrogen-bond acceptors (Lipinski definition) is 7. The highest BCUT2D eigenvalue weighted by Gasteiger charge is 2.66. The van der Waals surface area contributed by atoms with E-state index in [1.807, 2.05) is 0 Å². The topological polar surface area (TPSA) is 109 Å². The molecule has 7 rings (SSSR count). The van der Waals surface area contributed by atoms with Gasteiger partial charge in [0.2, 0.25) is 11.6 Å². The van der Waals surface area contributed by atoms with Crippen LogP contribution in [-0.2, 0) is 14.5 Å². The molecule has 6 fully saturated rings. The second-order valence-corrected chi connectivity index (χ2v) is 10.1. The highest BCUT2D eigenvalue weighted by Crippen LogP contribution is 2.63. The van der Waals surface area contributed by atoms with Crippen molar-refractivity contribution in [3.05, 3.63) is 18.1 Å². The van der Waals surface area contributed by atoms with E-state index >= 15 is 0 Å². The molecule has 6 aliphatic rings. The summed E-state index contributed by atoms with van der Waals surface area (Å²) in [7, 11) is 0. The van der Waals surface area contributed by atoms with Crippen LogP contribution < -0.4 is 11.1 Å². The molecular formula is C22H30N4O4. The average molecular weight is 415 g/mol. The second kappa shape index (κ2) is 6.87. The maximum absolute atomic E-state index is 12.3. The fourth-order valence-electron chi connectivity index (χ4n) is 6.96. The molecule has 2 heterocycles. The van der Waals surface area contributed by atoms with E-state index in [9.17, 15) is 4.79 Å². The minimum absolute atomic E-state index is 0.156. The van der Waals surface area contributed by atoms with E-state index < -0.39 is 11.6 Å². The number of carbonyl (C=O) groups excluding carboxylic acids is 1. The summed E-state index contributed by atoms with van der Waals surface area (Å²) in [4.78, 5) is 32.4. The summed E-state index contributed by atoms with van der Waals surface area (Å²) in [5, 5.41) is 2.95. The molecule has 0 atom stereocenters. The lowest BCUT2D eigenvalue weighted by Crippen LogP contribution is -2.59. The summed E-state index contributed by atoms with van der Waals surface area (Å²) in [5.41, 5.74) is 5.93. The Labute approximate surface area is 176 Å². The molecule has 5 aliphatic carbocycles. The smallest absolute Gasteiger partial charge is 0.273 e. The molecule has 1 aromatic heterocycles. The molecule has 0 radical (unpaired) electrons. The summed E-state index contributed by atoms with van der Waals surface area (Å²) in [6, 6.07) is 0. The van der Waals surface area contributed by atoms with Crippen molar-refractivity contribution in [2.24, 2.45) is 29.6 Å². The van der Waals surface area contributed by atoms with E-state index in [1.54, 1.807) is 0 Å². The summed E-state index contributed by atoms with van der Waals surface area (Å²) in [6.07, 6.45) is 12.7. The van der Waals surface area contributed by atoms with E-state index in [4.69, 9.17) is 20.2 Å². The first-order valence-electron chi connectivity index (χ1n) is 11.5. The van der Waals surface area contributed by atoms with Crippen molar-refractivity contribution in [2.75, 3.05) is 12.3 Å². The van der Waals surface area contributed by atoms with Gasteiger partial charge in [-0.1, -0.05) is 0 Å². The van der Waals surface area contributed by atoms with Gasteiger partial charge < -0.3 is 15.8 Å². The van der Waals surface area contributed by atoms with Crippen molar-refractivity contribution < 1.29 is 19.3 Å². The molecule has 5 saturated carbocycles. The van der Waals surface area contributed by atoms with E-state index in [2.05, 4.69) is 15.3 Å². The summed E-state index contributed by atoms with van der Waals surface area (Å²) in [6.45, 7) is 0.589. The number of rotatable bonds is 3. The Balaban J connectivity index is 1.06. The van der Waals surface area contributed by atoms with Gasteiger partial charge in [-0.05, 0) is 62.7 Å². The van der Waals surface area contributed by atoms with Gasteiger partial charge in [0, 0.05) is 43.6 Å². The van der Waals surface area contributed by atoms with Gasteiger partial charge in [-0.25, -0.2) is 9.97 Å². The number of amides is 1. The molecule has 30 heavy (non-hydrogen) atoms. The predicted octanol–water partition coefficient (Wildman–Crippen LogP) is 2.81. The monoisotopic (exact) mass is 414 g/mol. The van der Waals surface area contributed by atoms with Crippen molar-refractivity contribution in [3.63, 3.8) is 0 Å². The number of anilines is 1. The first kappa shape index (κ1) is 19.0. The van der Waals surface area contributed by atoms with Gasteiger partial charge in [0.15, 0.2) is 11.5 Å². The molecule has 0 aromatic carbocycles. The Morgan fingerprint density at radius 1 is 1.03 bits per heavy atom. The highest BCUT2D eigenvalue weighted by atomic mass is 17.3. The largest absolute Gasteiger partial charge is 0.382 e. The van der Waals surface area contributed by atoms with Crippen molar-refractivity contribution in [3.8, 4) is 0 Å². The van der Waals surface area contributed by atoms with Gasteiger partial charge in [-0.15, -0.1) is 0 Å². The molecule has 1 aromatic rings. The Bertz CT molecular complexity index is 810. The molecule has 4 bridgehead atoms. The van der Waals surface area contributed by atoms with Crippen LogP contribution in [0.25, 0.3) is 0 Å². The minimum Gasteiger partial charge on any atom is -0.382 e. The molecule has 0 unspecified atom stereocenters. The quantitative estimate of drug-likeness (QED) is 0.732. The van der Waals surface area contributed by atoms with Gasteiger partial charge >= 0.3 is 0 Å². The van der Waals surface area contributed by atoms with Crippen LogP contribution >= 0.6 is 0 Å². The first-order valence-corrected chi connectivity index (χ1v) is 11.5. The normalized spacial score (nSPS) is 44.1. The van der Waals surface area contributed by atoms with Gasteiger partial charge in [0.1, 0.15) is 0 Å². The summed E-state index contributed by atoms with van der Waals surface area (Å²) in [5.74, 6) is 1.86. The van der Waals surface area contributed by atoms with Crippen LogP contribution in [0.1, 0.15) is 68.3 Å². The second-order valence-electron chi connectivity index (χ2n) is 10.1. The third-order valence-electron chi connectivity index (χ3n) is 8.31. The van der Waals surface area contributed by atoms with E-state index in [0.717, 1.165) is 37.5 Å². The number of ether oxygens (including phenoxy) is 1. The third-order valence-corrected chi connectivity index (χ3v) is 8.31. The minimum atomic E-state index is -0.606. The fourth-order valence-corrected chi connectivity index (χ4v) is 6.96. The van der Waals surface area contributed by atoms with Crippen molar-refractivity contribution in [1.82, 2.24) is 15.3 Å². The molecule has 1 saturated heterocycles. The maximum Gasteiger partial charge on any atom is 0.273 e. The summed E-state index contributed by atoms with van der Waals surface area (Å²) < 4.78 is 6.75. The molecule has 1 aliphatic heterocycles. The molecule has 8 heteroatoms. The molecule has 8 nitrogen and oxygen atoms in total. The predicted molar refractivity (Wildman–Crippen MR) is 106 cm³/mol. The molecular weight excluding hydrogens is 384 g/mol. The summed E-state index contributed by atoms with van der Waals surface area (Å²) >= 11 is 0. The molecule has 162 valence electrons. The Hall–Kier alpha value is -1.77. The SMILES string of the molecule is Nc1nccnc1C(=O)NCC1CCC2(CC1)OOC1(O2)C2CC3CC(C2)CC1C3. The number of aromatic nitrogens is 2. The zero-order valence-electron chi connectivity index (χ0n) is 17.2. The third kappa shape index (κ3) is 2.95. The van der Waals surface area contributed by atoms with Crippen molar-refractivity contribution in [2.45, 2.75) is 69.4 Å². The van der Waals surface area contributed by atoms with Gasteiger partial charge in [-0.2, -0.15) is 9.78 Å². The molecule has 2 spiro atoms. The van der Waals surface area contributed by atoms with Crippen LogP contribution in [0, 0.1) is 29.6 Å². The number of nitrogens with one attached hydrogen (secondary N) is 1. The van der Waals surface area contributed by atoms with E-state index in [1.165, 1.54) is 44.5 Å². The standard InChI is InChI=1S/C22H30N4O4/c23-19-18(24-5-6-25-19)20(27)26-12-13-1-3-21(4-2-13)28-22(30-29-21)16-8-14-7-15(10-16)11-17(22)9-14/h5-6,13-17H,1-4,7-12H2,(H2,23,25)(H,26,27). The zero-order chi connectivity index (χ0) is 20.3. The van der Waals surface area contributed by atoms with Crippen LogP contribution in [0.4, 0.5) is 5.82 Å². The Morgan fingerprint density at radius 3 is 2.37 bits per heavy atom. The Kier molecular flexibility index (Phi) is 4.34. The lowest BCUT2D eigenvalue weighted by molar-refractivity contribution is -0.390. The van der Waals surface area contributed by atoms with Gasteiger partial charge in [0.25, 0.3) is 5.91 Å². The van der Waals surface area contributed by atoms with Gasteiger partial charge in [0.05, 0.1) is 0 Å². The number of hydrogen-bond donors (Lipinski definition) is 2. The number of nitrogen functional groups attached to an aromatic ring is 1. The first-order chi connectivity index (χ1) is 14.6.